The standard InChI is InChI=1S/Fe.N.Si.V. The van der Waals surface area contributed by atoms with E-state index in [0.29, 0.717) is 0 Å². The molecule has 0 aromatic heterocycles. The number of rotatable bonds is 0. The summed E-state index contributed by atoms with van der Waals surface area (Å²) in [5.74, 6) is 0. The van der Waals surface area contributed by atoms with Crippen molar-refractivity contribution in [2.75, 3.05) is 0 Å². The van der Waals surface area contributed by atoms with E-state index in [1.807, 2.05) is 0 Å². The summed E-state index contributed by atoms with van der Waals surface area (Å²) in [6.07, 6.45) is 0. The molecule has 0 bridgehead atoms. The van der Waals surface area contributed by atoms with Crippen molar-refractivity contribution in [3.05, 3.63) is 0 Å². The number of nitrogens with zero attached hydrogens (tertiary/aromatic N) is 1. The molecule has 0 atom stereocenters. The van der Waals surface area contributed by atoms with E-state index in [2.05, 4.69) is 29.4 Å². The zero-order valence-corrected chi connectivity index (χ0v) is 5.25. The zero-order chi connectivity index (χ0) is 2.00. The summed E-state index contributed by atoms with van der Waals surface area (Å²) >= 11 is 5.25. The Morgan fingerprint density at radius 3 is 1.25 bits per heavy atom. The Hall–Kier alpha value is 1.28. The molecule has 0 aliphatic rings. The molecule has 0 unspecified atom stereocenters. The summed E-state index contributed by atoms with van der Waals surface area (Å²) < 4.78 is 0. The van der Waals surface area contributed by atoms with E-state index >= 15 is 0 Å². The van der Waals surface area contributed by atoms with Gasteiger partial charge in [-0.25, -0.2) is 0 Å². The molecule has 0 aliphatic carbocycles. The van der Waals surface area contributed by atoms with Gasteiger partial charge in [0.1, 0.15) is 0 Å². The topological polar surface area (TPSA) is 30.5 Å². The third-order valence-electron chi connectivity index (χ3n) is 0. The van der Waals surface area contributed by atoms with Crippen LogP contribution < -0.4 is 6.15 Å². The molecule has 4 heteroatoms. The zero-order valence-electron chi connectivity index (χ0n) is 1.75. The molecule has 0 aromatic rings. The molecule has 0 amide bonds. The second-order valence-electron chi connectivity index (χ2n) is 0. The summed E-state index contributed by atoms with van der Waals surface area (Å²) in [4.78, 5) is 0. The van der Waals surface area contributed by atoms with E-state index in [1.54, 1.807) is 0 Å². The van der Waals surface area contributed by atoms with Crippen LogP contribution in [0.2, 0.25) is 0 Å². The van der Waals surface area contributed by atoms with Crippen LogP contribution in [0.4, 0.5) is 0 Å². The molecule has 0 fully saturated rings. The first-order chi connectivity index (χ1) is 1.00. The van der Waals surface area contributed by atoms with Crippen LogP contribution in [0.3, 0.4) is 0 Å². The van der Waals surface area contributed by atoms with Crippen molar-refractivity contribution >= 4 is 11.0 Å². The first kappa shape index (κ1) is 18.6. The fraction of sp³-hybridized carbons (Fsp3) is 0. The summed E-state index contributed by atoms with van der Waals surface area (Å²) in [7, 11) is 0. The first-order valence-corrected chi connectivity index (χ1v) is 2.69. The Balaban J connectivity index is -0.00000000500. The minimum absolute atomic E-state index is 0. The van der Waals surface area contributed by atoms with Crippen molar-refractivity contribution in [2.45, 2.75) is 0 Å². The monoisotopic (exact) mass is 149 g/mol. The number of hydrogen-bond donors (Lipinski definition) is 0. The van der Waals surface area contributed by atoms with E-state index in [0.717, 1.165) is 0 Å². The second-order valence-corrected chi connectivity index (χ2v) is 0. The van der Waals surface area contributed by atoms with E-state index in [1.165, 1.54) is 0 Å². The molecular formula is FeNSiV. The summed E-state index contributed by atoms with van der Waals surface area (Å²) in [6, 6.07) is 0. The van der Waals surface area contributed by atoms with Gasteiger partial charge in [0.25, 0.3) is 0 Å². The number of hydrogen-bond acceptors (Lipinski definition) is 0. The molecule has 0 aromatic carbocycles. The van der Waals surface area contributed by atoms with Crippen LogP contribution >= 0.6 is 0 Å². The van der Waals surface area contributed by atoms with Gasteiger partial charge in [0, 0.05) is 17.1 Å². The van der Waals surface area contributed by atoms with Gasteiger partial charge in [-0.05, 0) is 0 Å². The van der Waals surface area contributed by atoms with E-state index in [9.17, 15) is 0 Å². The molecule has 0 N–H and O–H groups in total. The van der Waals surface area contributed by atoms with Gasteiger partial charge < -0.3 is 0 Å². The van der Waals surface area contributed by atoms with Crippen LogP contribution in [0.1, 0.15) is 0 Å². The molecule has 0 heterocycles. The van der Waals surface area contributed by atoms with Crippen LogP contribution in [0.5, 0.6) is 0 Å². The normalized spacial score (nSPS) is 1.25. The van der Waals surface area contributed by atoms with Crippen molar-refractivity contribution < 1.29 is 29.4 Å². The van der Waals surface area contributed by atoms with Gasteiger partial charge in [-0.1, -0.05) is 0 Å². The molecule has 22 valence electrons. The van der Waals surface area contributed by atoms with Crippen LogP contribution in [-0.4, -0.2) is 11.0 Å². The van der Waals surface area contributed by atoms with Crippen LogP contribution in [0.15, 0.2) is 0 Å². The average molecular weight is 149 g/mol. The Morgan fingerprint density at radius 1 is 1.25 bits per heavy atom. The van der Waals surface area contributed by atoms with Crippen molar-refractivity contribution in [1.29, 1.82) is 0 Å². The van der Waals surface area contributed by atoms with E-state index in [-0.39, 0.29) is 17.1 Å². The molecule has 0 spiro atoms. The first-order valence-electron chi connectivity index (χ1n) is 0.158. The van der Waals surface area contributed by atoms with Gasteiger partial charge >= 0.3 is 29.4 Å². The van der Waals surface area contributed by atoms with Gasteiger partial charge in [-0.15, -0.1) is 0 Å². The van der Waals surface area contributed by atoms with Crippen molar-refractivity contribution in [1.82, 2.24) is 6.15 Å². The predicted molar refractivity (Wildman–Crippen MR) is 7.89 cm³/mol. The second kappa shape index (κ2) is 28.1. The van der Waals surface area contributed by atoms with Crippen LogP contribution in [0.25, 0.3) is 0 Å². The maximum atomic E-state index is 3.19. The third-order valence-corrected chi connectivity index (χ3v) is 0. The molecule has 0 saturated heterocycles. The summed E-state index contributed by atoms with van der Waals surface area (Å²) in [5.41, 5.74) is 0. The van der Waals surface area contributed by atoms with Gasteiger partial charge in [-0.2, -0.15) is 0 Å². The molecule has 0 rings (SSSR count). The van der Waals surface area contributed by atoms with Gasteiger partial charge in [0.05, 0.1) is 0 Å². The molecule has 1 nitrogen and oxygen atoms in total. The average Bonchev–Trinajstić information content (AvgIpc) is 1.00. The van der Waals surface area contributed by atoms with E-state index < -0.39 is 0 Å². The summed E-state index contributed by atoms with van der Waals surface area (Å²) in [6.45, 7) is 0. The van der Waals surface area contributed by atoms with Crippen molar-refractivity contribution in [2.24, 2.45) is 0 Å². The molecule has 4 heavy (non-hydrogen) atoms. The van der Waals surface area contributed by atoms with Gasteiger partial charge in [0.2, 0.25) is 0 Å². The van der Waals surface area contributed by atoms with Crippen molar-refractivity contribution in [3.63, 3.8) is 0 Å². The minimum atomic E-state index is 0. The van der Waals surface area contributed by atoms with Gasteiger partial charge in [0.15, 0.2) is 0 Å². The Kier molecular flexibility index (Phi) is 131. The Bertz CT molecular complexity index is 8.00. The fourth-order valence-corrected chi connectivity index (χ4v) is 0. The predicted octanol–water partition coefficient (Wildman–Crippen LogP) is -0.866. The fourth-order valence-electron chi connectivity index (χ4n) is 0. The molecule has 0 saturated carbocycles. The van der Waals surface area contributed by atoms with Crippen LogP contribution in [0, 0.1) is 0 Å². The molecular weight excluding hydrogens is 149 g/mol. The Morgan fingerprint density at radius 2 is 1.25 bits per heavy atom. The quantitative estimate of drug-likeness (QED) is 0.401. The Labute approximate surface area is 46.6 Å². The third kappa shape index (κ3) is 10.4. The molecule has 7 radical (unpaired) electrons. The maximum absolute atomic E-state index is 3.19. The van der Waals surface area contributed by atoms with Crippen molar-refractivity contribution in [3.8, 4) is 0 Å². The van der Waals surface area contributed by atoms with Gasteiger partial charge in [-0.3, -0.25) is 0 Å². The van der Waals surface area contributed by atoms with Crippen LogP contribution in [-0.2, 0) is 29.4 Å². The SMILES string of the molecule is [N].[Si].[V][Fe]. The molecule has 0 aliphatic heterocycles. The van der Waals surface area contributed by atoms with E-state index in [4.69, 9.17) is 0 Å². The summed E-state index contributed by atoms with van der Waals surface area (Å²) in [5, 5.41) is 0.